The van der Waals surface area contributed by atoms with Gasteiger partial charge in [0.05, 0.1) is 0 Å². The fourth-order valence-electron chi connectivity index (χ4n) is 1.97. The molecule has 0 unspecified atom stereocenters. The van der Waals surface area contributed by atoms with Crippen molar-refractivity contribution in [3.8, 4) is 0 Å². The second-order valence-corrected chi connectivity index (χ2v) is 4.84. The van der Waals surface area contributed by atoms with Crippen LogP contribution >= 0.6 is 0 Å². The molecule has 0 bridgehead atoms. The van der Waals surface area contributed by atoms with Gasteiger partial charge in [0.15, 0.2) is 0 Å². The number of hydrogen-bond acceptors (Lipinski definition) is 2. The van der Waals surface area contributed by atoms with Crippen molar-refractivity contribution in [3.05, 3.63) is 29.8 Å². The maximum Gasteiger partial charge on any atom is 0.317 e. The van der Waals surface area contributed by atoms with Crippen molar-refractivity contribution >= 4 is 11.7 Å². The molecule has 18 heavy (non-hydrogen) atoms. The summed E-state index contributed by atoms with van der Waals surface area (Å²) in [6.07, 6.45) is 3.19. The first-order valence-electron chi connectivity index (χ1n) is 6.59. The van der Waals surface area contributed by atoms with Gasteiger partial charge in [-0.3, -0.25) is 0 Å². The minimum Gasteiger partial charge on any atom is -0.399 e. The van der Waals surface area contributed by atoms with E-state index in [1.807, 2.05) is 29.2 Å². The smallest absolute Gasteiger partial charge is 0.317 e. The van der Waals surface area contributed by atoms with Gasteiger partial charge < -0.3 is 16.0 Å². The van der Waals surface area contributed by atoms with E-state index in [2.05, 4.69) is 12.2 Å². The van der Waals surface area contributed by atoms with Crippen molar-refractivity contribution in [3.63, 3.8) is 0 Å². The molecule has 4 heteroatoms. The zero-order valence-electron chi connectivity index (χ0n) is 10.9. The molecule has 4 nitrogen and oxygen atoms in total. The second-order valence-electron chi connectivity index (χ2n) is 4.84. The number of hydrogen-bond donors (Lipinski definition) is 2. The number of nitrogens with zero attached hydrogens (tertiary/aromatic N) is 1. The van der Waals surface area contributed by atoms with Crippen LogP contribution in [0.25, 0.3) is 0 Å². The second kappa shape index (κ2) is 5.76. The van der Waals surface area contributed by atoms with Crippen molar-refractivity contribution in [1.29, 1.82) is 0 Å². The van der Waals surface area contributed by atoms with Crippen molar-refractivity contribution in [2.45, 2.75) is 38.8 Å². The summed E-state index contributed by atoms with van der Waals surface area (Å²) in [5.74, 6) is 0. The average Bonchev–Trinajstić information content (AvgIpc) is 3.17. The third-order valence-electron chi connectivity index (χ3n) is 3.08. The fraction of sp³-hybridized carbons (Fsp3) is 0.500. The van der Waals surface area contributed by atoms with E-state index in [-0.39, 0.29) is 6.03 Å². The van der Waals surface area contributed by atoms with Crippen LogP contribution in [0, 0.1) is 0 Å². The largest absolute Gasteiger partial charge is 0.399 e. The van der Waals surface area contributed by atoms with Gasteiger partial charge >= 0.3 is 6.03 Å². The first-order valence-corrected chi connectivity index (χ1v) is 6.59. The van der Waals surface area contributed by atoms with Gasteiger partial charge in [0.1, 0.15) is 0 Å². The zero-order valence-corrected chi connectivity index (χ0v) is 10.9. The third kappa shape index (κ3) is 3.39. The summed E-state index contributed by atoms with van der Waals surface area (Å²) in [6, 6.07) is 8.19. The first kappa shape index (κ1) is 12.7. The number of rotatable bonds is 5. The van der Waals surface area contributed by atoms with Gasteiger partial charge in [0.25, 0.3) is 0 Å². The summed E-state index contributed by atoms with van der Waals surface area (Å²) in [4.78, 5) is 14.0. The van der Waals surface area contributed by atoms with E-state index in [1.165, 1.54) is 0 Å². The molecule has 0 radical (unpaired) electrons. The number of carbonyl (C=O) groups excluding carboxylic acids is 1. The zero-order chi connectivity index (χ0) is 13.0. The monoisotopic (exact) mass is 247 g/mol. The van der Waals surface area contributed by atoms with Crippen LogP contribution in [0.2, 0.25) is 0 Å². The predicted molar refractivity (Wildman–Crippen MR) is 73.1 cm³/mol. The Bertz CT molecular complexity index is 415. The lowest BCUT2D eigenvalue weighted by atomic mass is 10.2. The van der Waals surface area contributed by atoms with E-state index in [0.717, 1.165) is 37.1 Å². The highest BCUT2D eigenvalue weighted by molar-refractivity contribution is 5.75. The summed E-state index contributed by atoms with van der Waals surface area (Å²) in [7, 11) is 0. The standard InChI is InChI=1S/C14H21N3O/c1-2-8-16-14(18)17(13-6-7-13)10-11-4-3-5-12(15)9-11/h3-5,9,13H,2,6-8,10,15H2,1H3,(H,16,18). The van der Waals surface area contributed by atoms with Crippen LogP contribution in [0.4, 0.5) is 10.5 Å². The van der Waals surface area contributed by atoms with Crippen LogP contribution in [0.15, 0.2) is 24.3 Å². The number of anilines is 1. The Kier molecular flexibility index (Phi) is 4.07. The molecule has 0 atom stereocenters. The highest BCUT2D eigenvalue weighted by Crippen LogP contribution is 2.28. The molecule has 0 heterocycles. The van der Waals surface area contributed by atoms with E-state index in [1.54, 1.807) is 0 Å². The highest BCUT2D eigenvalue weighted by atomic mass is 16.2. The van der Waals surface area contributed by atoms with Gasteiger partial charge in [-0.05, 0) is 37.0 Å². The Morgan fingerprint density at radius 1 is 1.50 bits per heavy atom. The number of nitrogens with one attached hydrogen (secondary N) is 1. The summed E-state index contributed by atoms with van der Waals surface area (Å²) < 4.78 is 0. The molecule has 1 aromatic carbocycles. The average molecular weight is 247 g/mol. The Morgan fingerprint density at radius 2 is 2.28 bits per heavy atom. The number of benzene rings is 1. The number of urea groups is 1. The van der Waals surface area contributed by atoms with Crippen LogP contribution in [0.1, 0.15) is 31.7 Å². The summed E-state index contributed by atoms with van der Waals surface area (Å²) in [5.41, 5.74) is 7.60. The Hall–Kier alpha value is -1.71. The molecule has 98 valence electrons. The lowest BCUT2D eigenvalue weighted by Gasteiger charge is -2.23. The van der Waals surface area contributed by atoms with Crippen LogP contribution < -0.4 is 11.1 Å². The summed E-state index contributed by atoms with van der Waals surface area (Å²) >= 11 is 0. The molecule has 1 fully saturated rings. The molecule has 2 amide bonds. The van der Waals surface area contributed by atoms with E-state index in [0.29, 0.717) is 12.6 Å². The van der Waals surface area contributed by atoms with E-state index < -0.39 is 0 Å². The summed E-state index contributed by atoms with van der Waals surface area (Å²) in [6.45, 7) is 3.43. The molecule has 1 aromatic rings. The van der Waals surface area contributed by atoms with E-state index in [4.69, 9.17) is 5.73 Å². The normalized spacial score (nSPS) is 14.3. The molecule has 0 saturated heterocycles. The van der Waals surface area contributed by atoms with Crippen molar-refractivity contribution in [1.82, 2.24) is 10.2 Å². The Balaban J connectivity index is 2.00. The minimum atomic E-state index is 0.0433. The predicted octanol–water partition coefficient (Wildman–Crippen LogP) is 2.35. The SMILES string of the molecule is CCCNC(=O)N(Cc1cccc(N)c1)C1CC1. The lowest BCUT2D eigenvalue weighted by molar-refractivity contribution is 0.192. The molecule has 1 saturated carbocycles. The maximum atomic E-state index is 12.1. The fourth-order valence-corrected chi connectivity index (χ4v) is 1.97. The lowest BCUT2D eigenvalue weighted by Crippen LogP contribution is -2.41. The Morgan fingerprint density at radius 3 is 2.89 bits per heavy atom. The van der Waals surface area contributed by atoms with Crippen molar-refractivity contribution in [2.24, 2.45) is 0 Å². The quantitative estimate of drug-likeness (QED) is 0.785. The molecule has 0 aliphatic heterocycles. The number of carbonyl (C=O) groups is 1. The third-order valence-corrected chi connectivity index (χ3v) is 3.08. The van der Waals surface area contributed by atoms with Gasteiger partial charge in [-0.1, -0.05) is 19.1 Å². The molecule has 1 aliphatic rings. The van der Waals surface area contributed by atoms with Gasteiger partial charge in [-0.15, -0.1) is 0 Å². The summed E-state index contributed by atoms with van der Waals surface area (Å²) in [5, 5.41) is 2.94. The highest BCUT2D eigenvalue weighted by Gasteiger charge is 2.32. The van der Waals surface area contributed by atoms with Gasteiger partial charge in [0, 0.05) is 24.8 Å². The van der Waals surface area contributed by atoms with Crippen LogP contribution in [-0.2, 0) is 6.54 Å². The molecular weight excluding hydrogens is 226 g/mol. The van der Waals surface area contributed by atoms with Gasteiger partial charge in [-0.2, -0.15) is 0 Å². The van der Waals surface area contributed by atoms with Crippen molar-refractivity contribution in [2.75, 3.05) is 12.3 Å². The molecule has 0 spiro atoms. The molecule has 0 aromatic heterocycles. The number of nitrogen functional groups attached to an aromatic ring is 1. The van der Waals surface area contributed by atoms with E-state index >= 15 is 0 Å². The number of amides is 2. The van der Waals surface area contributed by atoms with Crippen molar-refractivity contribution < 1.29 is 4.79 Å². The maximum absolute atomic E-state index is 12.1. The molecule has 3 N–H and O–H groups in total. The molecular formula is C14H21N3O. The Labute approximate surface area is 108 Å². The molecule has 1 aliphatic carbocycles. The van der Waals surface area contributed by atoms with Gasteiger partial charge in [-0.25, -0.2) is 4.79 Å². The first-order chi connectivity index (χ1) is 8.70. The van der Waals surface area contributed by atoms with Crippen LogP contribution in [0.3, 0.4) is 0 Å². The minimum absolute atomic E-state index is 0.0433. The van der Waals surface area contributed by atoms with E-state index in [9.17, 15) is 4.79 Å². The van der Waals surface area contributed by atoms with Crippen LogP contribution in [0.5, 0.6) is 0 Å². The molecule has 2 rings (SSSR count). The van der Waals surface area contributed by atoms with Gasteiger partial charge in [0.2, 0.25) is 0 Å². The van der Waals surface area contributed by atoms with Crippen LogP contribution in [-0.4, -0.2) is 23.5 Å². The topological polar surface area (TPSA) is 58.4 Å². The number of nitrogens with two attached hydrogens (primary N) is 1.